The quantitative estimate of drug-likeness (QED) is 0.694. The van der Waals surface area contributed by atoms with E-state index in [0.29, 0.717) is 5.56 Å². The molecule has 0 aromatic heterocycles. The Morgan fingerprint density at radius 1 is 0.963 bits per heavy atom. The number of fused-ring (bicyclic) bond motifs is 3. The van der Waals surface area contributed by atoms with E-state index in [2.05, 4.69) is 0 Å². The smallest absolute Gasteiger partial charge is 0.268 e. The number of phenols is 2. The molecule has 1 aliphatic rings. The number of benzene rings is 3. The Balaban J connectivity index is 1.99. The van der Waals surface area contributed by atoms with E-state index in [4.69, 9.17) is 0 Å². The van der Waals surface area contributed by atoms with Crippen LogP contribution >= 0.6 is 0 Å². The van der Waals surface area contributed by atoms with Crippen LogP contribution in [-0.2, 0) is 10.0 Å². The molecule has 27 heavy (non-hydrogen) atoms. The summed E-state index contributed by atoms with van der Waals surface area (Å²) < 4.78 is 41.9. The maximum atomic E-state index is 14.0. The number of phenolic OH excluding ortho intramolecular Hbond substituents is 2. The lowest BCUT2D eigenvalue weighted by atomic mass is 9.90. The molecule has 1 atom stereocenters. The van der Waals surface area contributed by atoms with Crippen molar-refractivity contribution in [2.24, 2.45) is 0 Å². The van der Waals surface area contributed by atoms with Crippen LogP contribution in [0.5, 0.6) is 11.5 Å². The standard InChI is InChI=1S/C20H16FNO4S/c1-12-15-4-2-3-5-16(15)17-8-6-13(21)10-18(17)22(12)27(25,26)20-9-7-14(23)11-19(20)24/h2-12,23-24H,1H3. The minimum absolute atomic E-state index is 0.202. The largest absolute Gasteiger partial charge is 0.508 e. The molecule has 2 N–H and O–H groups in total. The van der Waals surface area contributed by atoms with Crippen molar-refractivity contribution in [2.75, 3.05) is 4.31 Å². The molecule has 7 heteroatoms. The lowest BCUT2D eigenvalue weighted by molar-refractivity contribution is 0.439. The maximum Gasteiger partial charge on any atom is 0.268 e. The molecular weight excluding hydrogens is 369 g/mol. The van der Waals surface area contributed by atoms with Crippen molar-refractivity contribution in [1.82, 2.24) is 0 Å². The highest BCUT2D eigenvalue weighted by Gasteiger charge is 2.38. The molecule has 0 fully saturated rings. The van der Waals surface area contributed by atoms with Gasteiger partial charge in [0.1, 0.15) is 22.2 Å². The molecule has 1 heterocycles. The molecule has 5 nitrogen and oxygen atoms in total. The van der Waals surface area contributed by atoms with Crippen molar-refractivity contribution in [3.8, 4) is 22.6 Å². The third kappa shape index (κ3) is 2.62. The summed E-state index contributed by atoms with van der Waals surface area (Å²) in [6.07, 6.45) is 0. The van der Waals surface area contributed by atoms with Gasteiger partial charge in [-0.05, 0) is 48.4 Å². The normalized spacial score (nSPS) is 15.9. The maximum absolute atomic E-state index is 14.0. The van der Waals surface area contributed by atoms with Crippen LogP contribution in [-0.4, -0.2) is 18.6 Å². The second-order valence-corrected chi connectivity index (χ2v) is 8.16. The first-order chi connectivity index (χ1) is 12.8. The fraction of sp³-hybridized carbons (Fsp3) is 0.100. The van der Waals surface area contributed by atoms with E-state index in [-0.39, 0.29) is 16.3 Å². The Kier molecular flexibility index (Phi) is 3.85. The second-order valence-electron chi connectivity index (χ2n) is 6.38. The van der Waals surface area contributed by atoms with Gasteiger partial charge in [-0.2, -0.15) is 0 Å². The van der Waals surface area contributed by atoms with E-state index < -0.39 is 27.6 Å². The molecule has 138 valence electrons. The monoisotopic (exact) mass is 385 g/mol. The molecule has 4 rings (SSSR count). The van der Waals surface area contributed by atoms with Crippen LogP contribution in [0.1, 0.15) is 18.5 Å². The fourth-order valence-corrected chi connectivity index (χ4v) is 5.24. The Bertz CT molecular complexity index is 1160. The van der Waals surface area contributed by atoms with Crippen LogP contribution in [0.4, 0.5) is 10.1 Å². The first-order valence-corrected chi connectivity index (χ1v) is 9.70. The third-order valence-electron chi connectivity index (χ3n) is 4.73. The van der Waals surface area contributed by atoms with E-state index in [1.807, 2.05) is 24.3 Å². The molecule has 1 aliphatic heterocycles. The average molecular weight is 385 g/mol. The van der Waals surface area contributed by atoms with E-state index in [1.165, 1.54) is 18.2 Å². The van der Waals surface area contributed by atoms with E-state index in [9.17, 15) is 23.0 Å². The van der Waals surface area contributed by atoms with E-state index in [0.717, 1.165) is 27.6 Å². The summed E-state index contributed by atoms with van der Waals surface area (Å²) in [6.45, 7) is 1.71. The molecule has 0 amide bonds. The molecule has 3 aromatic carbocycles. The summed E-state index contributed by atoms with van der Waals surface area (Å²) in [5.41, 5.74) is 2.40. The minimum atomic E-state index is -4.23. The average Bonchev–Trinajstić information content (AvgIpc) is 2.61. The number of rotatable bonds is 2. The van der Waals surface area contributed by atoms with Crippen LogP contribution in [0, 0.1) is 5.82 Å². The number of hydrogen-bond acceptors (Lipinski definition) is 4. The molecule has 3 aromatic rings. The predicted octanol–water partition coefficient (Wildman–Crippen LogP) is 4.17. The molecule has 0 saturated carbocycles. The summed E-state index contributed by atoms with van der Waals surface area (Å²) >= 11 is 0. The zero-order valence-corrected chi connectivity index (χ0v) is 15.1. The van der Waals surface area contributed by atoms with Gasteiger partial charge in [-0.3, -0.25) is 4.31 Å². The van der Waals surface area contributed by atoms with Crippen molar-refractivity contribution in [1.29, 1.82) is 0 Å². The highest BCUT2D eigenvalue weighted by Crippen LogP contribution is 2.48. The Labute approximate surface area is 156 Å². The lowest BCUT2D eigenvalue weighted by Gasteiger charge is -2.37. The van der Waals surface area contributed by atoms with Gasteiger partial charge in [0, 0.05) is 11.6 Å². The second kappa shape index (κ2) is 5.99. The zero-order chi connectivity index (χ0) is 19.3. The van der Waals surface area contributed by atoms with Crippen LogP contribution < -0.4 is 4.31 Å². The van der Waals surface area contributed by atoms with Gasteiger partial charge in [0.2, 0.25) is 0 Å². The van der Waals surface area contributed by atoms with E-state index >= 15 is 0 Å². The van der Waals surface area contributed by atoms with Crippen LogP contribution in [0.3, 0.4) is 0 Å². The molecule has 1 unspecified atom stereocenters. The first kappa shape index (κ1) is 17.4. The van der Waals surface area contributed by atoms with Crippen molar-refractivity contribution in [2.45, 2.75) is 17.9 Å². The number of anilines is 1. The number of halogens is 1. The zero-order valence-electron chi connectivity index (χ0n) is 14.3. The highest BCUT2D eigenvalue weighted by molar-refractivity contribution is 7.93. The third-order valence-corrected chi connectivity index (χ3v) is 6.66. The SMILES string of the molecule is CC1c2ccccc2-c2ccc(F)cc2N1S(=O)(=O)c1ccc(O)cc1O. The van der Waals surface area contributed by atoms with Crippen LogP contribution in [0.25, 0.3) is 11.1 Å². The molecule has 0 aliphatic carbocycles. The molecule has 0 spiro atoms. The molecule has 0 saturated heterocycles. The van der Waals surface area contributed by atoms with E-state index in [1.54, 1.807) is 13.0 Å². The molecular formula is C20H16FNO4S. The predicted molar refractivity (Wildman–Crippen MR) is 99.7 cm³/mol. The fourth-order valence-electron chi connectivity index (χ4n) is 3.52. The summed E-state index contributed by atoms with van der Waals surface area (Å²) in [7, 11) is -4.23. The van der Waals surface area contributed by atoms with Crippen LogP contribution in [0.15, 0.2) is 65.6 Å². The number of nitrogens with zero attached hydrogens (tertiary/aromatic N) is 1. The Morgan fingerprint density at radius 2 is 1.70 bits per heavy atom. The van der Waals surface area contributed by atoms with Crippen molar-refractivity contribution in [3.63, 3.8) is 0 Å². The lowest BCUT2D eigenvalue weighted by Crippen LogP contribution is -2.36. The number of aromatic hydroxyl groups is 2. The first-order valence-electron chi connectivity index (χ1n) is 8.26. The van der Waals surface area contributed by atoms with Gasteiger partial charge in [-0.1, -0.05) is 24.3 Å². The van der Waals surface area contributed by atoms with Gasteiger partial charge in [0.25, 0.3) is 10.0 Å². The van der Waals surface area contributed by atoms with Gasteiger partial charge in [-0.25, -0.2) is 12.8 Å². The van der Waals surface area contributed by atoms with Crippen molar-refractivity contribution < 1.29 is 23.0 Å². The minimum Gasteiger partial charge on any atom is -0.508 e. The number of hydrogen-bond donors (Lipinski definition) is 2. The van der Waals surface area contributed by atoms with Gasteiger partial charge in [-0.15, -0.1) is 0 Å². The van der Waals surface area contributed by atoms with Gasteiger partial charge >= 0.3 is 0 Å². The molecule has 0 radical (unpaired) electrons. The van der Waals surface area contributed by atoms with Gasteiger partial charge in [0.15, 0.2) is 0 Å². The highest BCUT2D eigenvalue weighted by atomic mass is 32.2. The Morgan fingerprint density at radius 3 is 2.44 bits per heavy atom. The number of sulfonamides is 1. The van der Waals surface area contributed by atoms with Gasteiger partial charge < -0.3 is 10.2 Å². The summed E-state index contributed by atoms with van der Waals surface area (Å²) in [4.78, 5) is -0.359. The van der Waals surface area contributed by atoms with Crippen LogP contribution in [0.2, 0.25) is 0 Å². The van der Waals surface area contributed by atoms with Crippen molar-refractivity contribution in [3.05, 3.63) is 72.0 Å². The Hall–Kier alpha value is -3.06. The summed E-state index contributed by atoms with van der Waals surface area (Å²) in [5.74, 6) is -1.38. The van der Waals surface area contributed by atoms with Gasteiger partial charge in [0.05, 0.1) is 11.7 Å². The van der Waals surface area contributed by atoms with Crippen molar-refractivity contribution >= 4 is 15.7 Å². The summed E-state index contributed by atoms with van der Waals surface area (Å²) in [5, 5.41) is 19.6. The summed E-state index contributed by atoms with van der Waals surface area (Å²) in [6, 6.07) is 14.0. The molecule has 0 bridgehead atoms. The topological polar surface area (TPSA) is 77.8 Å².